The highest BCUT2D eigenvalue weighted by Gasteiger charge is 2.27. The van der Waals surface area contributed by atoms with Crippen LogP contribution >= 0.6 is 22.7 Å². The summed E-state index contributed by atoms with van der Waals surface area (Å²) in [5, 5.41) is 0.537. The lowest BCUT2D eigenvalue weighted by Gasteiger charge is -2.32. The lowest BCUT2D eigenvalue weighted by Crippen LogP contribution is -2.39. The van der Waals surface area contributed by atoms with Gasteiger partial charge >= 0.3 is 0 Å². The van der Waals surface area contributed by atoms with Crippen LogP contribution in [0.4, 0.5) is 5.13 Å². The molecular formula is C15H15N5OS2. The van der Waals surface area contributed by atoms with Gasteiger partial charge in [0.2, 0.25) is 0 Å². The first-order chi connectivity index (χ1) is 11.2. The second-order valence-corrected chi connectivity index (χ2v) is 7.51. The van der Waals surface area contributed by atoms with Crippen LogP contribution in [0.3, 0.4) is 0 Å². The highest BCUT2D eigenvalue weighted by Crippen LogP contribution is 2.30. The third kappa shape index (κ3) is 2.79. The van der Waals surface area contributed by atoms with E-state index >= 15 is 0 Å². The lowest BCUT2D eigenvalue weighted by molar-refractivity contribution is 0.0710. The zero-order valence-corrected chi connectivity index (χ0v) is 13.9. The Morgan fingerprint density at radius 3 is 3.09 bits per heavy atom. The van der Waals surface area contributed by atoms with Crippen molar-refractivity contribution in [3.05, 3.63) is 34.4 Å². The quantitative estimate of drug-likeness (QED) is 0.772. The van der Waals surface area contributed by atoms with Crippen LogP contribution in [0.25, 0.3) is 10.3 Å². The van der Waals surface area contributed by atoms with Gasteiger partial charge in [-0.2, -0.15) is 0 Å². The predicted molar refractivity (Wildman–Crippen MR) is 91.8 cm³/mol. The molecule has 2 N–H and O–H groups in total. The summed E-state index contributed by atoms with van der Waals surface area (Å²) in [7, 11) is 0. The van der Waals surface area contributed by atoms with Crippen LogP contribution in [0.1, 0.15) is 34.1 Å². The molecule has 23 heavy (non-hydrogen) atoms. The zero-order valence-electron chi connectivity index (χ0n) is 12.3. The van der Waals surface area contributed by atoms with Crippen molar-refractivity contribution in [1.82, 2.24) is 19.9 Å². The largest absolute Gasteiger partial charge is 0.375 e. The molecule has 3 aromatic rings. The number of carbonyl (C=O) groups is 1. The van der Waals surface area contributed by atoms with E-state index in [9.17, 15) is 4.79 Å². The molecule has 118 valence electrons. The fraction of sp³-hybridized carbons (Fsp3) is 0.333. The minimum Gasteiger partial charge on any atom is -0.375 e. The molecule has 1 aliphatic heterocycles. The molecule has 0 spiro atoms. The van der Waals surface area contributed by atoms with Gasteiger partial charge in [-0.15, -0.1) is 11.3 Å². The topological polar surface area (TPSA) is 85.0 Å². The van der Waals surface area contributed by atoms with Crippen molar-refractivity contribution in [3.8, 4) is 0 Å². The standard InChI is InChI=1S/C15H15N5OS2/c16-15-19-13-11(23-15)4-3-10(18-13)9-2-1-5-20(7-9)14(21)12-6-17-8-22-12/h3-4,6,8-9H,1-2,5,7H2,(H2,16,18,19)/t9-/m1/s1. The Bertz CT molecular complexity index is 845. The molecule has 1 saturated heterocycles. The van der Waals surface area contributed by atoms with E-state index in [1.165, 1.54) is 22.7 Å². The number of hydrogen-bond acceptors (Lipinski definition) is 7. The number of nitrogens with two attached hydrogens (primary N) is 1. The molecule has 0 radical (unpaired) electrons. The number of thiazole rings is 2. The fourth-order valence-corrected chi connectivity index (χ4v) is 4.22. The fourth-order valence-electron chi connectivity index (χ4n) is 2.96. The highest BCUT2D eigenvalue weighted by molar-refractivity contribution is 7.21. The molecular weight excluding hydrogens is 330 g/mol. The van der Waals surface area contributed by atoms with Gasteiger partial charge in [0.25, 0.3) is 5.91 Å². The number of likely N-dealkylation sites (tertiary alicyclic amines) is 1. The van der Waals surface area contributed by atoms with Gasteiger partial charge in [0.15, 0.2) is 10.8 Å². The number of hydrogen-bond donors (Lipinski definition) is 1. The van der Waals surface area contributed by atoms with Gasteiger partial charge in [-0.25, -0.2) is 9.97 Å². The monoisotopic (exact) mass is 345 g/mol. The number of aromatic nitrogens is 3. The molecule has 0 unspecified atom stereocenters. The SMILES string of the molecule is Nc1nc2nc([C@@H]3CCCN(C(=O)c4cncs4)C3)ccc2s1. The number of anilines is 1. The van der Waals surface area contributed by atoms with Crippen LogP contribution < -0.4 is 5.73 Å². The van der Waals surface area contributed by atoms with Gasteiger partial charge in [-0.3, -0.25) is 9.78 Å². The van der Waals surface area contributed by atoms with Crippen molar-refractivity contribution in [3.63, 3.8) is 0 Å². The summed E-state index contributed by atoms with van der Waals surface area (Å²) in [5.74, 6) is 0.309. The van der Waals surface area contributed by atoms with E-state index in [0.717, 1.165) is 29.8 Å². The van der Waals surface area contributed by atoms with Crippen LogP contribution in [0, 0.1) is 0 Å². The van der Waals surface area contributed by atoms with Crippen LogP contribution in [-0.4, -0.2) is 38.8 Å². The number of nitrogens with zero attached hydrogens (tertiary/aromatic N) is 4. The maximum absolute atomic E-state index is 12.5. The molecule has 0 bridgehead atoms. The molecule has 0 saturated carbocycles. The van der Waals surface area contributed by atoms with E-state index in [0.29, 0.717) is 22.2 Å². The maximum Gasteiger partial charge on any atom is 0.265 e. The molecule has 1 atom stereocenters. The molecule has 3 aromatic heterocycles. The third-order valence-corrected chi connectivity index (χ3v) is 5.66. The average Bonchev–Trinajstić information content (AvgIpc) is 3.22. The summed E-state index contributed by atoms with van der Waals surface area (Å²) in [4.78, 5) is 28.0. The van der Waals surface area contributed by atoms with Crippen molar-refractivity contribution in [2.24, 2.45) is 0 Å². The number of fused-ring (bicyclic) bond motifs is 1. The molecule has 0 aromatic carbocycles. The van der Waals surface area contributed by atoms with Gasteiger partial charge in [0, 0.05) is 24.7 Å². The van der Waals surface area contributed by atoms with Gasteiger partial charge in [0.05, 0.1) is 16.4 Å². The van der Waals surface area contributed by atoms with E-state index in [1.54, 1.807) is 11.7 Å². The first-order valence-corrected chi connectivity index (χ1v) is 9.11. The molecule has 6 nitrogen and oxygen atoms in total. The lowest BCUT2D eigenvalue weighted by atomic mass is 9.94. The number of nitrogen functional groups attached to an aromatic ring is 1. The third-order valence-electron chi connectivity index (χ3n) is 4.06. The number of rotatable bonds is 2. The van der Waals surface area contributed by atoms with Gasteiger partial charge in [0.1, 0.15) is 4.88 Å². The second kappa shape index (κ2) is 5.86. The summed E-state index contributed by atoms with van der Waals surface area (Å²) < 4.78 is 1.000. The minimum absolute atomic E-state index is 0.0659. The van der Waals surface area contributed by atoms with E-state index in [-0.39, 0.29) is 11.8 Å². The average molecular weight is 345 g/mol. The highest BCUT2D eigenvalue weighted by atomic mass is 32.1. The maximum atomic E-state index is 12.5. The Hall–Kier alpha value is -2.06. The van der Waals surface area contributed by atoms with E-state index < -0.39 is 0 Å². The first kappa shape index (κ1) is 14.5. The van der Waals surface area contributed by atoms with Gasteiger partial charge in [-0.1, -0.05) is 11.3 Å². The summed E-state index contributed by atoms with van der Waals surface area (Å²) in [6.07, 6.45) is 3.65. The van der Waals surface area contributed by atoms with Crippen molar-refractivity contribution in [1.29, 1.82) is 0 Å². The van der Waals surface area contributed by atoms with Gasteiger partial charge < -0.3 is 10.6 Å². The Morgan fingerprint density at radius 2 is 2.26 bits per heavy atom. The van der Waals surface area contributed by atoms with Crippen molar-refractivity contribution >= 4 is 44.1 Å². The van der Waals surface area contributed by atoms with Crippen molar-refractivity contribution in [2.45, 2.75) is 18.8 Å². The molecule has 8 heteroatoms. The number of amides is 1. The Balaban J connectivity index is 1.57. The Morgan fingerprint density at radius 1 is 1.35 bits per heavy atom. The summed E-state index contributed by atoms with van der Waals surface area (Å²) >= 11 is 2.83. The second-order valence-electron chi connectivity index (χ2n) is 5.57. The molecule has 0 aliphatic carbocycles. The molecule has 1 amide bonds. The van der Waals surface area contributed by atoms with E-state index in [1.807, 2.05) is 17.0 Å². The van der Waals surface area contributed by atoms with Crippen molar-refractivity contribution < 1.29 is 4.79 Å². The zero-order chi connectivity index (χ0) is 15.8. The van der Waals surface area contributed by atoms with Gasteiger partial charge in [-0.05, 0) is 25.0 Å². The summed E-state index contributed by atoms with van der Waals surface area (Å²) in [6, 6.07) is 4.06. The Kier molecular flexibility index (Phi) is 3.70. The molecule has 1 aliphatic rings. The predicted octanol–water partition coefficient (Wildman–Crippen LogP) is 2.75. The molecule has 4 rings (SSSR count). The van der Waals surface area contributed by atoms with Crippen molar-refractivity contribution in [2.75, 3.05) is 18.8 Å². The normalized spacial score (nSPS) is 18.4. The number of carbonyl (C=O) groups excluding carboxylic acids is 1. The summed E-state index contributed by atoms with van der Waals surface area (Å²) in [6.45, 7) is 1.48. The van der Waals surface area contributed by atoms with Crippen LogP contribution in [0.5, 0.6) is 0 Å². The number of pyridine rings is 1. The van der Waals surface area contributed by atoms with Crippen LogP contribution in [0.2, 0.25) is 0 Å². The first-order valence-electron chi connectivity index (χ1n) is 7.41. The van der Waals surface area contributed by atoms with Crippen LogP contribution in [0.15, 0.2) is 23.8 Å². The Labute approximate surface area is 141 Å². The van der Waals surface area contributed by atoms with E-state index in [2.05, 4.69) is 15.0 Å². The molecule has 1 fully saturated rings. The smallest absolute Gasteiger partial charge is 0.265 e. The number of piperidine rings is 1. The summed E-state index contributed by atoms with van der Waals surface area (Å²) in [5.41, 5.74) is 9.13. The minimum atomic E-state index is 0.0659. The molecule has 4 heterocycles. The van der Waals surface area contributed by atoms with Crippen LogP contribution in [-0.2, 0) is 0 Å². The van der Waals surface area contributed by atoms with E-state index in [4.69, 9.17) is 5.73 Å².